The van der Waals surface area contributed by atoms with Crippen molar-refractivity contribution in [2.24, 2.45) is 0 Å². The quantitative estimate of drug-likeness (QED) is 0.815. The largest absolute Gasteiger partial charge is 0.482 e. The van der Waals surface area contributed by atoms with Gasteiger partial charge < -0.3 is 14.8 Å². The Bertz CT molecular complexity index is 776. The lowest BCUT2D eigenvalue weighted by Gasteiger charge is -2.15. The predicted octanol–water partition coefficient (Wildman–Crippen LogP) is 3.39. The van der Waals surface area contributed by atoms with E-state index in [0.717, 1.165) is 11.1 Å². The van der Waals surface area contributed by atoms with E-state index < -0.39 is 23.8 Å². The number of aryl methyl sites for hydroxylation is 1. The zero-order chi connectivity index (χ0) is 18.4. The van der Waals surface area contributed by atoms with E-state index >= 15 is 0 Å². The Hall–Kier alpha value is -2.89. The van der Waals surface area contributed by atoms with Crippen molar-refractivity contribution in [2.75, 3.05) is 11.9 Å². The van der Waals surface area contributed by atoms with Crippen LogP contribution in [0.5, 0.6) is 5.75 Å². The van der Waals surface area contributed by atoms with E-state index in [1.165, 1.54) is 25.1 Å². The van der Waals surface area contributed by atoms with Gasteiger partial charge in [0, 0.05) is 5.69 Å². The molecule has 0 aliphatic heterocycles. The third-order valence-corrected chi connectivity index (χ3v) is 3.67. The van der Waals surface area contributed by atoms with Crippen molar-refractivity contribution in [1.82, 2.24) is 0 Å². The zero-order valence-corrected chi connectivity index (χ0v) is 14.3. The van der Waals surface area contributed by atoms with Gasteiger partial charge in [-0.25, -0.2) is 9.18 Å². The average molecular weight is 345 g/mol. The maximum absolute atomic E-state index is 13.1. The van der Waals surface area contributed by atoms with E-state index in [4.69, 9.17) is 9.47 Å². The smallest absolute Gasteiger partial charge is 0.344 e. The summed E-state index contributed by atoms with van der Waals surface area (Å²) in [6.07, 6.45) is -1.03. The molecule has 0 aliphatic rings. The van der Waals surface area contributed by atoms with Gasteiger partial charge in [-0.05, 0) is 56.2 Å². The van der Waals surface area contributed by atoms with Crippen molar-refractivity contribution < 1.29 is 23.5 Å². The number of esters is 1. The van der Waals surface area contributed by atoms with E-state index in [0.29, 0.717) is 11.4 Å². The average Bonchev–Trinajstić information content (AvgIpc) is 2.56. The molecule has 0 aliphatic carbocycles. The van der Waals surface area contributed by atoms with Crippen molar-refractivity contribution in [3.05, 3.63) is 59.4 Å². The van der Waals surface area contributed by atoms with Gasteiger partial charge in [0.05, 0.1) is 0 Å². The number of ether oxygens (including phenoxy) is 2. The van der Waals surface area contributed by atoms with Crippen LogP contribution in [-0.4, -0.2) is 24.6 Å². The predicted molar refractivity (Wildman–Crippen MR) is 92.0 cm³/mol. The Kier molecular flexibility index (Phi) is 6.11. The molecule has 0 radical (unpaired) electrons. The van der Waals surface area contributed by atoms with Crippen LogP contribution in [0.1, 0.15) is 18.1 Å². The Morgan fingerprint density at radius 2 is 1.88 bits per heavy atom. The molecule has 1 N–H and O–H groups in total. The van der Waals surface area contributed by atoms with Crippen LogP contribution in [0.2, 0.25) is 0 Å². The van der Waals surface area contributed by atoms with Crippen molar-refractivity contribution in [3.63, 3.8) is 0 Å². The summed E-state index contributed by atoms with van der Waals surface area (Å²) >= 11 is 0. The first-order valence-corrected chi connectivity index (χ1v) is 7.81. The van der Waals surface area contributed by atoms with Gasteiger partial charge in [0.1, 0.15) is 11.6 Å². The van der Waals surface area contributed by atoms with E-state index in [1.807, 2.05) is 26.0 Å². The fraction of sp³-hybridized carbons (Fsp3) is 0.263. The standard InChI is InChI=1S/C19H20FNO4/c1-12-6-4-9-17(13(12)2)24-11-18(22)25-14(3)19(23)21-16-8-5-7-15(20)10-16/h4-10,14H,11H2,1-3H3,(H,21,23)/t14-/m0/s1. The molecule has 2 aromatic carbocycles. The first-order chi connectivity index (χ1) is 11.9. The highest BCUT2D eigenvalue weighted by Crippen LogP contribution is 2.20. The van der Waals surface area contributed by atoms with Crippen LogP contribution in [0.25, 0.3) is 0 Å². The van der Waals surface area contributed by atoms with Gasteiger partial charge in [-0.1, -0.05) is 18.2 Å². The number of amides is 1. The molecule has 2 rings (SSSR count). The summed E-state index contributed by atoms with van der Waals surface area (Å²) < 4.78 is 23.6. The Morgan fingerprint density at radius 1 is 1.16 bits per heavy atom. The van der Waals surface area contributed by atoms with Gasteiger partial charge in [-0.2, -0.15) is 0 Å². The van der Waals surface area contributed by atoms with E-state index in [1.54, 1.807) is 12.1 Å². The van der Waals surface area contributed by atoms with E-state index in [2.05, 4.69) is 5.32 Å². The molecule has 0 fully saturated rings. The summed E-state index contributed by atoms with van der Waals surface area (Å²) in [5, 5.41) is 2.48. The van der Waals surface area contributed by atoms with Crippen LogP contribution in [0.15, 0.2) is 42.5 Å². The lowest BCUT2D eigenvalue weighted by molar-refractivity contribution is -0.155. The van der Waals surface area contributed by atoms with Crippen molar-refractivity contribution in [3.8, 4) is 5.75 Å². The fourth-order valence-corrected chi connectivity index (χ4v) is 2.11. The maximum Gasteiger partial charge on any atom is 0.344 e. The normalized spacial score (nSPS) is 11.5. The van der Waals surface area contributed by atoms with Gasteiger partial charge in [-0.3, -0.25) is 4.79 Å². The molecule has 0 saturated heterocycles. The molecule has 0 spiro atoms. The molecule has 0 heterocycles. The molecule has 1 atom stereocenters. The number of carbonyl (C=O) groups excluding carboxylic acids is 2. The zero-order valence-electron chi connectivity index (χ0n) is 14.3. The molecule has 0 saturated carbocycles. The van der Waals surface area contributed by atoms with Crippen molar-refractivity contribution in [2.45, 2.75) is 26.9 Å². The molecule has 1 amide bonds. The molecule has 5 nitrogen and oxygen atoms in total. The SMILES string of the molecule is Cc1cccc(OCC(=O)O[C@@H](C)C(=O)Nc2cccc(F)c2)c1C. The number of nitrogens with one attached hydrogen (secondary N) is 1. The number of carbonyl (C=O) groups is 2. The molecule has 0 bridgehead atoms. The summed E-state index contributed by atoms with van der Waals surface area (Å²) in [4.78, 5) is 23.8. The molecule has 25 heavy (non-hydrogen) atoms. The number of hydrogen-bond donors (Lipinski definition) is 1. The minimum Gasteiger partial charge on any atom is -0.482 e. The first kappa shape index (κ1) is 18.4. The highest BCUT2D eigenvalue weighted by atomic mass is 19.1. The van der Waals surface area contributed by atoms with Gasteiger partial charge in [0.15, 0.2) is 12.7 Å². The second kappa shape index (κ2) is 8.28. The Labute approximate surface area is 145 Å². The molecule has 2 aromatic rings. The third kappa shape index (κ3) is 5.31. The summed E-state index contributed by atoms with van der Waals surface area (Å²) in [7, 11) is 0. The van der Waals surface area contributed by atoms with Crippen LogP contribution < -0.4 is 10.1 Å². The summed E-state index contributed by atoms with van der Waals surface area (Å²) in [6, 6.07) is 11.0. The van der Waals surface area contributed by atoms with Gasteiger partial charge in [0.25, 0.3) is 5.91 Å². The number of rotatable bonds is 6. The van der Waals surface area contributed by atoms with Crippen LogP contribution in [0, 0.1) is 19.7 Å². The Balaban J connectivity index is 1.85. The number of benzene rings is 2. The fourth-order valence-electron chi connectivity index (χ4n) is 2.11. The number of hydrogen-bond acceptors (Lipinski definition) is 4. The lowest BCUT2D eigenvalue weighted by Crippen LogP contribution is -2.31. The van der Waals surface area contributed by atoms with Gasteiger partial charge in [-0.15, -0.1) is 0 Å². The van der Waals surface area contributed by atoms with E-state index in [9.17, 15) is 14.0 Å². The second-order valence-electron chi connectivity index (χ2n) is 5.62. The molecule has 0 unspecified atom stereocenters. The third-order valence-electron chi connectivity index (χ3n) is 3.67. The highest BCUT2D eigenvalue weighted by Gasteiger charge is 2.18. The molecule has 0 aromatic heterocycles. The van der Waals surface area contributed by atoms with Crippen LogP contribution in [0.4, 0.5) is 10.1 Å². The van der Waals surface area contributed by atoms with Crippen molar-refractivity contribution in [1.29, 1.82) is 0 Å². The topological polar surface area (TPSA) is 64.6 Å². The minimum absolute atomic E-state index is 0.291. The first-order valence-electron chi connectivity index (χ1n) is 7.81. The summed E-state index contributed by atoms with van der Waals surface area (Å²) in [6.45, 7) is 4.97. The molecule has 6 heteroatoms. The molecular formula is C19H20FNO4. The molecule has 132 valence electrons. The van der Waals surface area contributed by atoms with Gasteiger partial charge >= 0.3 is 5.97 Å². The lowest BCUT2D eigenvalue weighted by atomic mass is 10.1. The van der Waals surface area contributed by atoms with Crippen LogP contribution >= 0.6 is 0 Å². The number of anilines is 1. The number of halogens is 1. The van der Waals surface area contributed by atoms with Crippen LogP contribution in [-0.2, 0) is 14.3 Å². The van der Waals surface area contributed by atoms with Gasteiger partial charge in [0.2, 0.25) is 0 Å². The molecular weight excluding hydrogens is 325 g/mol. The van der Waals surface area contributed by atoms with E-state index in [-0.39, 0.29) is 6.61 Å². The second-order valence-corrected chi connectivity index (χ2v) is 5.62. The van der Waals surface area contributed by atoms with Crippen LogP contribution in [0.3, 0.4) is 0 Å². The monoisotopic (exact) mass is 345 g/mol. The minimum atomic E-state index is -1.03. The summed E-state index contributed by atoms with van der Waals surface area (Å²) in [5.41, 5.74) is 2.28. The maximum atomic E-state index is 13.1. The highest BCUT2D eigenvalue weighted by molar-refractivity contribution is 5.95. The Morgan fingerprint density at radius 3 is 2.60 bits per heavy atom. The van der Waals surface area contributed by atoms with Crippen molar-refractivity contribution >= 4 is 17.6 Å². The summed E-state index contributed by atoms with van der Waals surface area (Å²) in [5.74, 6) is -1.09.